The van der Waals surface area contributed by atoms with E-state index in [4.69, 9.17) is 4.74 Å². The Morgan fingerprint density at radius 3 is 2.44 bits per heavy atom. The highest BCUT2D eigenvalue weighted by Gasteiger charge is 2.24. The van der Waals surface area contributed by atoms with Gasteiger partial charge in [-0.2, -0.15) is 0 Å². The molecule has 34 heavy (non-hydrogen) atoms. The third-order valence-electron chi connectivity index (χ3n) is 5.63. The number of nitrogens with one attached hydrogen (secondary N) is 2. The molecule has 1 aromatic heterocycles. The molecule has 4 rings (SSSR count). The van der Waals surface area contributed by atoms with Crippen molar-refractivity contribution < 1.29 is 14.3 Å². The number of nitrogens with zero attached hydrogens (tertiary/aromatic N) is 4. The SMILES string of the molecule is COc1ccc(-n2c(C)nnc2SCC(=O)NC2CCN(C(=O)Nc3ccccc3)CC2)cc1. The lowest BCUT2D eigenvalue weighted by atomic mass is 10.1. The third-order valence-corrected chi connectivity index (χ3v) is 6.56. The summed E-state index contributed by atoms with van der Waals surface area (Å²) in [7, 11) is 1.63. The minimum atomic E-state index is -0.111. The van der Waals surface area contributed by atoms with E-state index in [0.717, 1.165) is 35.8 Å². The van der Waals surface area contributed by atoms with Crippen molar-refractivity contribution in [1.82, 2.24) is 25.0 Å². The first-order valence-electron chi connectivity index (χ1n) is 11.1. The Morgan fingerprint density at radius 1 is 1.06 bits per heavy atom. The molecule has 2 N–H and O–H groups in total. The summed E-state index contributed by atoms with van der Waals surface area (Å²) in [6, 6.07) is 17.0. The predicted octanol–water partition coefficient (Wildman–Crippen LogP) is 3.49. The van der Waals surface area contributed by atoms with Gasteiger partial charge >= 0.3 is 6.03 Å². The Hall–Kier alpha value is -3.53. The second-order valence-corrected chi connectivity index (χ2v) is 8.92. The van der Waals surface area contributed by atoms with Crippen LogP contribution in [0, 0.1) is 6.92 Å². The maximum absolute atomic E-state index is 12.6. The number of para-hydroxylation sites is 1. The van der Waals surface area contributed by atoms with Gasteiger partial charge in [-0.25, -0.2) is 4.79 Å². The molecule has 0 unspecified atom stereocenters. The van der Waals surface area contributed by atoms with Crippen LogP contribution < -0.4 is 15.4 Å². The number of ether oxygens (including phenoxy) is 1. The van der Waals surface area contributed by atoms with Crippen LogP contribution in [0.4, 0.5) is 10.5 Å². The molecule has 0 aliphatic carbocycles. The lowest BCUT2D eigenvalue weighted by Gasteiger charge is -2.32. The van der Waals surface area contributed by atoms with Crippen LogP contribution in [0.15, 0.2) is 59.8 Å². The maximum atomic E-state index is 12.6. The third kappa shape index (κ3) is 5.88. The fourth-order valence-corrected chi connectivity index (χ4v) is 4.62. The highest BCUT2D eigenvalue weighted by atomic mass is 32.2. The van der Waals surface area contributed by atoms with E-state index in [1.54, 1.807) is 12.0 Å². The molecule has 0 atom stereocenters. The summed E-state index contributed by atoms with van der Waals surface area (Å²) in [5, 5.41) is 15.1. The number of methoxy groups -OCH3 is 1. The van der Waals surface area contributed by atoms with Crippen molar-refractivity contribution in [3.8, 4) is 11.4 Å². The van der Waals surface area contributed by atoms with Gasteiger partial charge in [0.15, 0.2) is 5.16 Å². The molecule has 3 amide bonds. The minimum absolute atomic E-state index is 0.0510. The van der Waals surface area contributed by atoms with Gasteiger partial charge in [-0.1, -0.05) is 30.0 Å². The molecule has 2 aromatic carbocycles. The number of piperidine rings is 1. The van der Waals surface area contributed by atoms with E-state index in [2.05, 4.69) is 20.8 Å². The quantitative estimate of drug-likeness (QED) is 0.502. The first-order chi connectivity index (χ1) is 16.5. The smallest absolute Gasteiger partial charge is 0.321 e. The number of rotatable bonds is 7. The van der Waals surface area contributed by atoms with Crippen molar-refractivity contribution >= 4 is 29.4 Å². The summed E-state index contributed by atoms with van der Waals surface area (Å²) in [4.78, 5) is 26.8. The Balaban J connectivity index is 1.25. The average molecular weight is 481 g/mol. The number of hydrogen-bond donors (Lipinski definition) is 2. The Labute approximate surface area is 202 Å². The number of likely N-dealkylation sites (tertiary alicyclic amines) is 1. The zero-order valence-corrected chi connectivity index (χ0v) is 20.0. The number of benzene rings is 2. The van der Waals surface area contributed by atoms with E-state index in [0.29, 0.717) is 18.2 Å². The number of carbonyl (C=O) groups excluding carboxylic acids is 2. The van der Waals surface area contributed by atoms with E-state index in [1.165, 1.54) is 11.8 Å². The Morgan fingerprint density at radius 2 is 1.76 bits per heavy atom. The predicted molar refractivity (Wildman–Crippen MR) is 132 cm³/mol. The van der Waals surface area contributed by atoms with Gasteiger partial charge in [0.05, 0.1) is 12.9 Å². The molecule has 1 aliphatic rings. The molecule has 10 heteroatoms. The van der Waals surface area contributed by atoms with Crippen LogP contribution in [0.1, 0.15) is 18.7 Å². The van der Waals surface area contributed by atoms with Gasteiger partial charge in [-0.15, -0.1) is 10.2 Å². The van der Waals surface area contributed by atoms with Gasteiger partial charge in [0.25, 0.3) is 0 Å². The maximum Gasteiger partial charge on any atom is 0.321 e. The number of aromatic nitrogens is 3. The van der Waals surface area contributed by atoms with E-state index in [1.807, 2.05) is 66.1 Å². The fraction of sp³-hybridized carbons (Fsp3) is 0.333. The molecule has 1 aliphatic heterocycles. The average Bonchev–Trinajstić information content (AvgIpc) is 3.24. The number of aryl methyl sites for hydroxylation is 1. The molecular formula is C24H28N6O3S. The molecule has 1 saturated heterocycles. The number of thioether (sulfide) groups is 1. The first kappa shape index (κ1) is 23.6. The van der Waals surface area contributed by atoms with Gasteiger partial charge < -0.3 is 20.3 Å². The Kier molecular flexibility index (Phi) is 7.69. The zero-order chi connectivity index (χ0) is 23.9. The largest absolute Gasteiger partial charge is 0.497 e. The fourth-order valence-electron chi connectivity index (χ4n) is 3.82. The summed E-state index contributed by atoms with van der Waals surface area (Å²) >= 11 is 1.35. The van der Waals surface area contributed by atoms with Crippen molar-refractivity contribution in [2.24, 2.45) is 0 Å². The molecule has 178 valence electrons. The van der Waals surface area contributed by atoms with Gasteiger partial charge in [0.1, 0.15) is 11.6 Å². The lowest BCUT2D eigenvalue weighted by molar-refractivity contribution is -0.119. The van der Waals surface area contributed by atoms with Crippen LogP contribution in [0.2, 0.25) is 0 Å². The number of anilines is 1. The van der Waals surface area contributed by atoms with Crippen LogP contribution >= 0.6 is 11.8 Å². The summed E-state index contributed by atoms with van der Waals surface area (Å²) < 4.78 is 7.14. The van der Waals surface area contributed by atoms with E-state index >= 15 is 0 Å². The van der Waals surface area contributed by atoms with Crippen molar-refractivity contribution in [2.45, 2.75) is 31.0 Å². The summed E-state index contributed by atoms with van der Waals surface area (Å²) in [6.45, 7) is 3.08. The van der Waals surface area contributed by atoms with E-state index in [-0.39, 0.29) is 23.7 Å². The monoisotopic (exact) mass is 480 g/mol. The normalized spacial score (nSPS) is 14.0. The van der Waals surface area contributed by atoms with Crippen molar-refractivity contribution in [3.05, 3.63) is 60.4 Å². The van der Waals surface area contributed by atoms with Gasteiger partial charge in [0, 0.05) is 30.5 Å². The number of urea groups is 1. The summed E-state index contributed by atoms with van der Waals surface area (Å²) in [5.41, 5.74) is 1.69. The van der Waals surface area contributed by atoms with Gasteiger partial charge in [0.2, 0.25) is 5.91 Å². The van der Waals surface area contributed by atoms with Crippen LogP contribution in [-0.2, 0) is 4.79 Å². The van der Waals surface area contributed by atoms with Crippen LogP contribution in [0.3, 0.4) is 0 Å². The van der Waals surface area contributed by atoms with Gasteiger partial charge in [-0.3, -0.25) is 9.36 Å². The van der Waals surface area contributed by atoms with E-state index in [9.17, 15) is 9.59 Å². The van der Waals surface area contributed by atoms with Crippen LogP contribution in [-0.4, -0.2) is 63.6 Å². The molecule has 0 bridgehead atoms. The summed E-state index contributed by atoms with van der Waals surface area (Å²) in [5.74, 6) is 1.70. The number of carbonyl (C=O) groups is 2. The van der Waals surface area contributed by atoms with Crippen LogP contribution in [0.5, 0.6) is 5.75 Å². The standard InChI is InChI=1S/C24H28N6O3S/c1-17-27-28-24(30(17)20-8-10-21(33-2)11-9-20)34-16-22(31)25-19-12-14-29(15-13-19)23(32)26-18-6-4-3-5-7-18/h3-11,19H,12-16H2,1-2H3,(H,25,31)(H,26,32). The van der Waals surface area contributed by atoms with Crippen molar-refractivity contribution in [2.75, 3.05) is 31.3 Å². The second kappa shape index (κ2) is 11.1. The zero-order valence-electron chi connectivity index (χ0n) is 19.2. The number of hydrogen-bond acceptors (Lipinski definition) is 6. The molecule has 2 heterocycles. The second-order valence-electron chi connectivity index (χ2n) is 7.98. The number of amides is 3. The first-order valence-corrected chi connectivity index (χ1v) is 12.1. The molecule has 1 fully saturated rings. The van der Waals surface area contributed by atoms with Crippen molar-refractivity contribution in [1.29, 1.82) is 0 Å². The molecule has 0 spiro atoms. The Bertz CT molecular complexity index is 1110. The molecule has 9 nitrogen and oxygen atoms in total. The minimum Gasteiger partial charge on any atom is -0.497 e. The van der Waals surface area contributed by atoms with Gasteiger partial charge in [-0.05, 0) is 56.2 Å². The molecule has 0 radical (unpaired) electrons. The topological polar surface area (TPSA) is 101 Å². The lowest BCUT2D eigenvalue weighted by Crippen LogP contribution is -2.48. The highest BCUT2D eigenvalue weighted by molar-refractivity contribution is 7.99. The summed E-state index contributed by atoms with van der Waals surface area (Å²) in [6.07, 6.45) is 1.44. The van der Waals surface area contributed by atoms with E-state index < -0.39 is 0 Å². The van der Waals surface area contributed by atoms with Crippen LogP contribution in [0.25, 0.3) is 5.69 Å². The van der Waals surface area contributed by atoms with Crippen molar-refractivity contribution in [3.63, 3.8) is 0 Å². The molecular weight excluding hydrogens is 452 g/mol. The highest BCUT2D eigenvalue weighted by Crippen LogP contribution is 2.23. The molecule has 3 aromatic rings. The molecule has 0 saturated carbocycles.